The molecule has 0 aliphatic heterocycles. The van der Waals surface area contributed by atoms with Crippen LogP contribution in [0, 0.1) is 0 Å². The van der Waals surface area contributed by atoms with Crippen LogP contribution in [0.15, 0.2) is 71.6 Å². The summed E-state index contributed by atoms with van der Waals surface area (Å²) in [4.78, 5) is 0.919. The van der Waals surface area contributed by atoms with Crippen molar-refractivity contribution in [1.82, 2.24) is 0 Å². The molecule has 0 saturated heterocycles. The maximum absolute atomic E-state index is 12.8. The lowest BCUT2D eigenvalue weighted by Crippen LogP contribution is -2.10. The average molecular weight is 322 g/mol. The molecule has 0 aromatic heterocycles. The lowest BCUT2D eigenvalue weighted by Gasteiger charge is -2.19. The van der Waals surface area contributed by atoms with Crippen molar-refractivity contribution < 1.29 is 4.21 Å². The highest BCUT2D eigenvalue weighted by Gasteiger charge is 2.14. The quantitative estimate of drug-likeness (QED) is 0.627. The first kappa shape index (κ1) is 15.9. The van der Waals surface area contributed by atoms with Crippen LogP contribution in [-0.4, -0.2) is 4.21 Å². The van der Waals surface area contributed by atoms with Crippen molar-refractivity contribution in [2.75, 3.05) is 0 Å². The largest absolute Gasteiger partial charge is 0.254 e. The van der Waals surface area contributed by atoms with Crippen molar-refractivity contribution in [2.24, 2.45) is 0 Å². The molecule has 3 rings (SSSR count). The number of hydrogen-bond acceptors (Lipinski definition) is 1. The SMILES string of the molecule is CC(C)(C)c1ccc(CS(=O)c2cccc3ccccc23)cc1. The molecule has 1 unspecified atom stereocenters. The van der Waals surface area contributed by atoms with Gasteiger partial charge in [0.15, 0.2) is 0 Å². The molecule has 0 heterocycles. The molecule has 0 radical (unpaired) electrons. The Hall–Kier alpha value is -1.93. The summed E-state index contributed by atoms with van der Waals surface area (Å²) < 4.78 is 12.8. The van der Waals surface area contributed by atoms with E-state index in [9.17, 15) is 4.21 Å². The van der Waals surface area contributed by atoms with Gasteiger partial charge in [-0.3, -0.25) is 4.21 Å². The minimum Gasteiger partial charge on any atom is -0.254 e. The Bertz CT molecular complexity index is 836. The third kappa shape index (κ3) is 3.53. The molecule has 0 fully saturated rings. The first-order chi connectivity index (χ1) is 10.9. The Labute approximate surface area is 140 Å². The molecule has 23 heavy (non-hydrogen) atoms. The summed E-state index contributed by atoms with van der Waals surface area (Å²) >= 11 is 0. The van der Waals surface area contributed by atoms with Gasteiger partial charge in [-0.1, -0.05) is 81.4 Å². The van der Waals surface area contributed by atoms with Crippen LogP contribution in [0.25, 0.3) is 10.8 Å². The molecule has 3 aromatic carbocycles. The molecule has 0 amide bonds. The molecule has 3 aromatic rings. The number of hydrogen-bond donors (Lipinski definition) is 0. The van der Waals surface area contributed by atoms with Crippen molar-refractivity contribution in [3.8, 4) is 0 Å². The predicted molar refractivity (Wildman–Crippen MR) is 99.2 cm³/mol. The van der Waals surface area contributed by atoms with Crippen LogP contribution in [0.2, 0.25) is 0 Å². The van der Waals surface area contributed by atoms with Gasteiger partial charge in [-0.05, 0) is 33.4 Å². The van der Waals surface area contributed by atoms with Crippen molar-refractivity contribution in [2.45, 2.75) is 36.8 Å². The summed E-state index contributed by atoms with van der Waals surface area (Å²) in [5.74, 6) is 0.554. The summed E-state index contributed by atoms with van der Waals surface area (Å²) in [7, 11) is -1.04. The molecule has 118 valence electrons. The van der Waals surface area contributed by atoms with E-state index in [2.05, 4.69) is 57.2 Å². The van der Waals surface area contributed by atoms with E-state index in [1.807, 2.05) is 30.3 Å². The van der Waals surface area contributed by atoms with Crippen molar-refractivity contribution in [1.29, 1.82) is 0 Å². The molecular weight excluding hydrogens is 300 g/mol. The Morgan fingerprint density at radius 1 is 0.826 bits per heavy atom. The van der Waals surface area contributed by atoms with Crippen LogP contribution >= 0.6 is 0 Å². The topological polar surface area (TPSA) is 17.1 Å². The van der Waals surface area contributed by atoms with E-state index in [1.165, 1.54) is 5.56 Å². The zero-order chi connectivity index (χ0) is 16.4. The Morgan fingerprint density at radius 2 is 1.48 bits per heavy atom. The van der Waals surface area contributed by atoms with Crippen molar-refractivity contribution in [3.05, 3.63) is 77.9 Å². The van der Waals surface area contributed by atoms with Crippen LogP contribution in [0.5, 0.6) is 0 Å². The van der Waals surface area contributed by atoms with E-state index in [4.69, 9.17) is 0 Å². The Kier molecular flexibility index (Phi) is 4.36. The van der Waals surface area contributed by atoms with Gasteiger partial charge in [0.1, 0.15) is 0 Å². The summed E-state index contributed by atoms with van der Waals surface area (Å²) in [6.07, 6.45) is 0. The fraction of sp³-hybridized carbons (Fsp3) is 0.238. The van der Waals surface area contributed by atoms with Gasteiger partial charge in [0.25, 0.3) is 0 Å². The fourth-order valence-electron chi connectivity index (χ4n) is 2.72. The fourth-order valence-corrected chi connectivity index (χ4v) is 4.04. The standard InChI is InChI=1S/C21H22OS/c1-21(2,3)18-13-11-16(12-14-18)15-23(22)20-10-6-8-17-7-4-5-9-19(17)20/h4-14H,15H2,1-3H3. The van der Waals surface area contributed by atoms with E-state index in [1.54, 1.807) is 0 Å². The zero-order valence-corrected chi connectivity index (χ0v) is 14.7. The maximum atomic E-state index is 12.8. The molecule has 0 N–H and O–H groups in total. The number of rotatable bonds is 3. The highest BCUT2D eigenvalue weighted by atomic mass is 32.2. The Balaban J connectivity index is 1.86. The van der Waals surface area contributed by atoms with Crippen LogP contribution in [0.3, 0.4) is 0 Å². The lowest BCUT2D eigenvalue weighted by atomic mass is 9.87. The molecule has 0 spiro atoms. The van der Waals surface area contributed by atoms with Crippen LogP contribution in [0.1, 0.15) is 31.9 Å². The minimum atomic E-state index is -1.04. The Morgan fingerprint density at radius 3 is 2.17 bits per heavy atom. The monoisotopic (exact) mass is 322 g/mol. The van der Waals surface area contributed by atoms with Gasteiger partial charge in [0.05, 0.1) is 16.6 Å². The van der Waals surface area contributed by atoms with Gasteiger partial charge >= 0.3 is 0 Å². The molecule has 1 nitrogen and oxygen atoms in total. The molecule has 0 saturated carbocycles. The minimum absolute atomic E-state index is 0.146. The second-order valence-corrected chi connectivity index (χ2v) is 8.33. The average Bonchev–Trinajstić information content (AvgIpc) is 2.54. The second kappa shape index (κ2) is 6.29. The van der Waals surface area contributed by atoms with Crippen LogP contribution < -0.4 is 0 Å². The van der Waals surface area contributed by atoms with Crippen molar-refractivity contribution in [3.63, 3.8) is 0 Å². The van der Waals surface area contributed by atoms with Crippen LogP contribution in [-0.2, 0) is 22.0 Å². The van der Waals surface area contributed by atoms with E-state index >= 15 is 0 Å². The van der Waals surface area contributed by atoms with E-state index in [-0.39, 0.29) is 5.41 Å². The maximum Gasteiger partial charge on any atom is 0.0580 e. The summed E-state index contributed by atoms with van der Waals surface area (Å²) in [6.45, 7) is 6.61. The molecule has 2 heteroatoms. The van der Waals surface area contributed by atoms with E-state index in [0.717, 1.165) is 21.2 Å². The van der Waals surface area contributed by atoms with Gasteiger partial charge in [-0.15, -0.1) is 0 Å². The first-order valence-corrected chi connectivity index (χ1v) is 9.22. The second-order valence-electron chi connectivity index (χ2n) is 6.91. The third-order valence-electron chi connectivity index (χ3n) is 4.11. The third-order valence-corrected chi connectivity index (χ3v) is 5.55. The first-order valence-electron chi connectivity index (χ1n) is 7.91. The molecule has 1 atom stereocenters. The lowest BCUT2D eigenvalue weighted by molar-refractivity contribution is 0.590. The summed E-state index contributed by atoms with van der Waals surface area (Å²) in [5.41, 5.74) is 2.56. The summed E-state index contributed by atoms with van der Waals surface area (Å²) in [5, 5.41) is 2.22. The smallest absolute Gasteiger partial charge is 0.0580 e. The van der Waals surface area contributed by atoms with Crippen LogP contribution in [0.4, 0.5) is 0 Å². The molecule has 0 aliphatic rings. The van der Waals surface area contributed by atoms with Crippen molar-refractivity contribution >= 4 is 21.6 Å². The number of benzene rings is 3. The predicted octanol–water partition coefficient (Wildman–Crippen LogP) is 5.45. The van der Waals surface area contributed by atoms with Gasteiger partial charge in [-0.25, -0.2) is 0 Å². The van der Waals surface area contributed by atoms with E-state index < -0.39 is 10.8 Å². The van der Waals surface area contributed by atoms with Gasteiger partial charge in [0, 0.05) is 4.90 Å². The highest BCUT2D eigenvalue weighted by molar-refractivity contribution is 7.84. The molecular formula is C21H22OS. The summed E-state index contributed by atoms with van der Waals surface area (Å²) in [6, 6.07) is 22.6. The van der Waals surface area contributed by atoms with Gasteiger partial charge in [-0.2, -0.15) is 0 Å². The zero-order valence-electron chi connectivity index (χ0n) is 13.9. The number of fused-ring (bicyclic) bond motifs is 1. The van der Waals surface area contributed by atoms with Gasteiger partial charge < -0.3 is 0 Å². The molecule has 0 bridgehead atoms. The normalized spacial score (nSPS) is 13.2. The van der Waals surface area contributed by atoms with Gasteiger partial charge in [0.2, 0.25) is 0 Å². The van der Waals surface area contributed by atoms with E-state index in [0.29, 0.717) is 5.75 Å². The molecule has 0 aliphatic carbocycles. The highest BCUT2D eigenvalue weighted by Crippen LogP contribution is 2.25.